The highest BCUT2D eigenvalue weighted by Gasteiger charge is 2.21. The number of benzene rings is 1. The van der Waals surface area contributed by atoms with Gasteiger partial charge in [0, 0.05) is 29.7 Å². The number of anilines is 2. The van der Waals surface area contributed by atoms with Crippen molar-refractivity contribution in [1.82, 2.24) is 0 Å². The molecule has 0 atom stereocenters. The van der Waals surface area contributed by atoms with Gasteiger partial charge in [-0.1, -0.05) is 0 Å². The Bertz CT molecular complexity index is 818. The molecule has 1 saturated heterocycles. The number of hydrogen-bond donors (Lipinski definition) is 1. The van der Waals surface area contributed by atoms with Crippen molar-refractivity contribution in [3.8, 4) is 11.5 Å². The normalized spacial score (nSPS) is 14.1. The Labute approximate surface area is 185 Å². The Morgan fingerprint density at radius 2 is 1.82 bits per heavy atom. The van der Waals surface area contributed by atoms with Crippen molar-refractivity contribution in [2.75, 3.05) is 49.7 Å². The Kier molecular flexibility index (Phi) is 7.62. The molecule has 0 bridgehead atoms. The molecule has 152 valence electrons. The quantitative estimate of drug-likeness (QED) is 0.532. The van der Waals surface area contributed by atoms with Crippen LogP contribution in [-0.4, -0.2) is 45.4 Å². The summed E-state index contributed by atoms with van der Waals surface area (Å²) in [6.45, 7) is 7.82. The lowest BCUT2D eigenvalue weighted by Crippen LogP contribution is -2.36. The number of nitrogens with one attached hydrogen (secondary N) is 1. The highest BCUT2D eigenvalue weighted by Crippen LogP contribution is 2.40. The molecule has 28 heavy (non-hydrogen) atoms. The van der Waals surface area contributed by atoms with Crippen LogP contribution in [0.5, 0.6) is 11.5 Å². The van der Waals surface area contributed by atoms with Crippen LogP contribution in [0, 0.1) is 0 Å². The molecule has 0 unspecified atom stereocenters. The fourth-order valence-electron chi connectivity index (χ4n) is 2.89. The molecule has 9 heteroatoms. The van der Waals surface area contributed by atoms with Gasteiger partial charge in [-0.25, -0.2) is 0 Å². The van der Waals surface area contributed by atoms with Gasteiger partial charge in [-0.3, -0.25) is 4.79 Å². The van der Waals surface area contributed by atoms with Crippen LogP contribution in [0.15, 0.2) is 26.5 Å². The van der Waals surface area contributed by atoms with Crippen LogP contribution in [0.25, 0.3) is 0 Å². The van der Waals surface area contributed by atoms with Gasteiger partial charge in [0.1, 0.15) is 11.5 Å². The molecule has 0 spiro atoms. The number of amides is 1. The number of nitrogens with zero attached hydrogens (tertiary/aromatic N) is 1. The molecule has 1 aliphatic heterocycles. The summed E-state index contributed by atoms with van der Waals surface area (Å²) in [6, 6.07) is 5.57. The average molecular weight is 534 g/mol. The Morgan fingerprint density at radius 3 is 2.43 bits per heavy atom. The molecular formula is C19H22Br2N2O4S. The number of rotatable bonds is 7. The fourth-order valence-corrected chi connectivity index (χ4v) is 4.82. The number of thiophene rings is 1. The average Bonchev–Trinajstić information content (AvgIpc) is 3.03. The van der Waals surface area contributed by atoms with Crippen LogP contribution >= 0.6 is 43.2 Å². The molecule has 1 aliphatic rings. The molecule has 1 N–H and O–H groups in total. The van der Waals surface area contributed by atoms with Gasteiger partial charge in [0.2, 0.25) is 0 Å². The number of ether oxygens (including phenoxy) is 3. The summed E-state index contributed by atoms with van der Waals surface area (Å²) in [5.74, 6) is 1.14. The molecule has 1 fully saturated rings. The third-order valence-corrected chi connectivity index (χ3v) is 7.38. The van der Waals surface area contributed by atoms with Crippen molar-refractivity contribution in [2.45, 2.75) is 13.8 Å². The first-order valence-electron chi connectivity index (χ1n) is 9.06. The SMILES string of the molecule is CCOc1cc(N2CCOCC2)c(OCC)cc1NC(=O)c1cc(Br)c(Br)s1. The summed E-state index contributed by atoms with van der Waals surface area (Å²) in [5.41, 5.74) is 1.54. The van der Waals surface area contributed by atoms with Crippen molar-refractivity contribution in [3.63, 3.8) is 0 Å². The molecule has 3 rings (SSSR count). The van der Waals surface area contributed by atoms with E-state index in [2.05, 4.69) is 42.1 Å². The van der Waals surface area contributed by atoms with E-state index in [9.17, 15) is 4.79 Å². The van der Waals surface area contributed by atoms with Gasteiger partial charge in [-0.05, 0) is 51.8 Å². The van der Waals surface area contributed by atoms with E-state index in [-0.39, 0.29) is 5.91 Å². The van der Waals surface area contributed by atoms with Crippen LogP contribution in [0.3, 0.4) is 0 Å². The number of halogens is 2. The van der Waals surface area contributed by atoms with E-state index in [1.807, 2.05) is 26.0 Å². The minimum atomic E-state index is -0.195. The van der Waals surface area contributed by atoms with Gasteiger partial charge in [0.15, 0.2) is 0 Å². The highest BCUT2D eigenvalue weighted by atomic mass is 79.9. The zero-order chi connectivity index (χ0) is 20.1. The van der Waals surface area contributed by atoms with Crippen LogP contribution in [-0.2, 0) is 4.74 Å². The number of carbonyl (C=O) groups excluding carboxylic acids is 1. The Morgan fingerprint density at radius 1 is 1.14 bits per heavy atom. The molecule has 0 saturated carbocycles. The van der Waals surface area contributed by atoms with E-state index >= 15 is 0 Å². The first-order valence-corrected chi connectivity index (χ1v) is 11.5. The summed E-state index contributed by atoms with van der Waals surface area (Å²) in [7, 11) is 0. The summed E-state index contributed by atoms with van der Waals surface area (Å²) < 4.78 is 18.9. The monoisotopic (exact) mass is 532 g/mol. The van der Waals surface area contributed by atoms with E-state index in [1.54, 1.807) is 6.07 Å². The molecule has 0 radical (unpaired) electrons. The van der Waals surface area contributed by atoms with Crippen LogP contribution in [0.1, 0.15) is 23.5 Å². The Hall–Kier alpha value is -1.29. The van der Waals surface area contributed by atoms with Crippen molar-refractivity contribution >= 4 is 60.5 Å². The Balaban J connectivity index is 1.94. The lowest BCUT2D eigenvalue weighted by molar-refractivity contribution is 0.103. The molecule has 6 nitrogen and oxygen atoms in total. The van der Waals surface area contributed by atoms with E-state index in [1.165, 1.54) is 11.3 Å². The second-order valence-electron chi connectivity index (χ2n) is 5.97. The van der Waals surface area contributed by atoms with Gasteiger partial charge < -0.3 is 24.4 Å². The second-order valence-corrected chi connectivity index (χ2v) is 9.19. The maximum atomic E-state index is 12.7. The molecule has 1 aromatic heterocycles. The zero-order valence-electron chi connectivity index (χ0n) is 15.7. The first-order chi connectivity index (χ1) is 13.5. The van der Waals surface area contributed by atoms with Gasteiger partial charge in [-0.2, -0.15) is 0 Å². The third kappa shape index (κ3) is 5.00. The predicted molar refractivity (Wildman–Crippen MR) is 119 cm³/mol. The summed E-state index contributed by atoms with van der Waals surface area (Å²) in [4.78, 5) is 15.5. The van der Waals surface area contributed by atoms with Crippen molar-refractivity contribution < 1.29 is 19.0 Å². The lowest BCUT2D eigenvalue weighted by atomic mass is 10.2. The predicted octanol–water partition coefficient (Wildman–Crippen LogP) is 5.16. The number of morpholine rings is 1. The molecule has 1 amide bonds. The van der Waals surface area contributed by atoms with E-state index in [0.717, 1.165) is 32.8 Å². The minimum Gasteiger partial charge on any atom is -0.492 e. The minimum absolute atomic E-state index is 0.195. The van der Waals surface area contributed by atoms with Gasteiger partial charge >= 0.3 is 0 Å². The molecule has 0 aliphatic carbocycles. The zero-order valence-corrected chi connectivity index (χ0v) is 19.7. The van der Waals surface area contributed by atoms with Gasteiger partial charge in [0.25, 0.3) is 5.91 Å². The van der Waals surface area contributed by atoms with Gasteiger partial charge in [-0.15, -0.1) is 11.3 Å². The first kappa shape index (κ1) is 21.4. The third-order valence-electron chi connectivity index (χ3n) is 4.13. The van der Waals surface area contributed by atoms with Crippen LogP contribution in [0.2, 0.25) is 0 Å². The van der Waals surface area contributed by atoms with Crippen molar-refractivity contribution in [2.24, 2.45) is 0 Å². The number of carbonyl (C=O) groups is 1. The van der Waals surface area contributed by atoms with E-state index < -0.39 is 0 Å². The largest absolute Gasteiger partial charge is 0.492 e. The standard InChI is InChI=1S/C19H22Br2N2O4S/c1-3-26-15-11-14(23-5-7-25-8-6-23)16(27-4-2)10-13(15)22-19(24)17-9-12(20)18(21)28-17/h9-11H,3-8H2,1-2H3,(H,22,24). The highest BCUT2D eigenvalue weighted by molar-refractivity contribution is 9.13. The van der Waals surface area contributed by atoms with Crippen molar-refractivity contribution in [1.29, 1.82) is 0 Å². The maximum Gasteiger partial charge on any atom is 0.265 e. The topological polar surface area (TPSA) is 60.0 Å². The number of hydrogen-bond acceptors (Lipinski definition) is 6. The van der Waals surface area contributed by atoms with E-state index in [4.69, 9.17) is 14.2 Å². The van der Waals surface area contributed by atoms with Crippen LogP contribution < -0.4 is 19.7 Å². The second kappa shape index (κ2) is 9.96. The fraction of sp³-hybridized carbons (Fsp3) is 0.421. The molecule has 2 heterocycles. The smallest absolute Gasteiger partial charge is 0.265 e. The van der Waals surface area contributed by atoms with Gasteiger partial charge in [0.05, 0.1) is 46.5 Å². The summed E-state index contributed by atoms with van der Waals surface area (Å²) in [5, 5.41) is 2.96. The van der Waals surface area contributed by atoms with Crippen molar-refractivity contribution in [3.05, 3.63) is 31.3 Å². The summed E-state index contributed by atoms with van der Waals surface area (Å²) >= 11 is 8.21. The van der Waals surface area contributed by atoms with Crippen LogP contribution in [0.4, 0.5) is 11.4 Å². The molecule has 2 aromatic rings. The maximum absolute atomic E-state index is 12.7. The molecule has 1 aromatic carbocycles. The van der Waals surface area contributed by atoms with E-state index in [0.29, 0.717) is 42.7 Å². The summed E-state index contributed by atoms with van der Waals surface area (Å²) in [6.07, 6.45) is 0. The lowest BCUT2D eigenvalue weighted by Gasteiger charge is -2.31. The molecular weight excluding hydrogens is 512 g/mol.